The van der Waals surface area contributed by atoms with Crippen LogP contribution < -0.4 is 5.73 Å². The lowest BCUT2D eigenvalue weighted by Gasteiger charge is -2.12. The fourth-order valence-corrected chi connectivity index (χ4v) is 3.18. The SMILES string of the molecule is Cn1ncc(-c2ccc(C3CCOC3)c(Br)c2)c1N. The van der Waals surface area contributed by atoms with Crippen molar-refractivity contribution in [2.45, 2.75) is 12.3 Å². The van der Waals surface area contributed by atoms with E-state index < -0.39 is 0 Å². The van der Waals surface area contributed by atoms with E-state index in [2.05, 4.69) is 39.2 Å². The molecule has 0 amide bonds. The number of hydrogen-bond acceptors (Lipinski definition) is 3. The van der Waals surface area contributed by atoms with Crippen LogP contribution >= 0.6 is 15.9 Å². The highest BCUT2D eigenvalue weighted by atomic mass is 79.9. The van der Waals surface area contributed by atoms with Crippen molar-refractivity contribution in [3.63, 3.8) is 0 Å². The number of benzene rings is 1. The van der Waals surface area contributed by atoms with Gasteiger partial charge in [0, 0.05) is 29.6 Å². The summed E-state index contributed by atoms with van der Waals surface area (Å²) in [5.41, 5.74) is 9.37. The molecule has 0 aliphatic carbocycles. The number of aryl methyl sites for hydroxylation is 1. The van der Waals surface area contributed by atoms with E-state index in [-0.39, 0.29) is 0 Å². The fourth-order valence-electron chi connectivity index (χ4n) is 2.47. The number of hydrogen-bond donors (Lipinski definition) is 1. The highest BCUT2D eigenvalue weighted by Crippen LogP contribution is 2.35. The zero-order valence-electron chi connectivity index (χ0n) is 10.8. The van der Waals surface area contributed by atoms with Crippen LogP contribution in [0.15, 0.2) is 28.9 Å². The van der Waals surface area contributed by atoms with Gasteiger partial charge in [0.05, 0.1) is 12.8 Å². The molecule has 0 radical (unpaired) electrons. The van der Waals surface area contributed by atoms with Gasteiger partial charge >= 0.3 is 0 Å². The van der Waals surface area contributed by atoms with E-state index in [9.17, 15) is 0 Å². The zero-order valence-corrected chi connectivity index (χ0v) is 12.4. The third-order valence-electron chi connectivity index (χ3n) is 3.67. The lowest BCUT2D eigenvalue weighted by molar-refractivity contribution is 0.194. The van der Waals surface area contributed by atoms with Crippen LogP contribution in [0.4, 0.5) is 5.82 Å². The first kappa shape index (κ1) is 12.7. The fraction of sp³-hybridized carbons (Fsp3) is 0.357. The van der Waals surface area contributed by atoms with Gasteiger partial charge in [0.15, 0.2) is 0 Å². The maximum Gasteiger partial charge on any atom is 0.129 e. The second kappa shape index (κ2) is 4.98. The molecule has 4 nitrogen and oxygen atoms in total. The highest BCUT2D eigenvalue weighted by Gasteiger charge is 2.20. The Labute approximate surface area is 120 Å². The maximum absolute atomic E-state index is 6.01. The summed E-state index contributed by atoms with van der Waals surface area (Å²) in [6.07, 6.45) is 2.89. The molecule has 1 fully saturated rings. The molecule has 2 heterocycles. The van der Waals surface area contributed by atoms with Gasteiger partial charge in [0.2, 0.25) is 0 Å². The van der Waals surface area contributed by atoms with E-state index in [1.165, 1.54) is 5.56 Å². The summed E-state index contributed by atoms with van der Waals surface area (Å²) in [7, 11) is 1.85. The van der Waals surface area contributed by atoms with Gasteiger partial charge in [-0.3, -0.25) is 4.68 Å². The number of rotatable bonds is 2. The van der Waals surface area contributed by atoms with Crippen molar-refractivity contribution in [1.82, 2.24) is 9.78 Å². The summed E-state index contributed by atoms with van der Waals surface area (Å²) in [5, 5.41) is 4.18. The Morgan fingerprint density at radius 1 is 1.47 bits per heavy atom. The monoisotopic (exact) mass is 321 g/mol. The third-order valence-corrected chi connectivity index (χ3v) is 4.35. The lowest BCUT2D eigenvalue weighted by atomic mass is 9.96. The number of halogens is 1. The Balaban J connectivity index is 1.97. The first-order valence-corrected chi connectivity index (χ1v) is 7.11. The van der Waals surface area contributed by atoms with Gasteiger partial charge in [0.1, 0.15) is 5.82 Å². The molecule has 1 aliphatic heterocycles. The van der Waals surface area contributed by atoms with E-state index in [1.807, 2.05) is 7.05 Å². The van der Waals surface area contributed by atoms with Gasteiger partial charge < -0.3 is 10.5 Å². The van der Waals surface area contributed by atoms with E-state index in [0.717, 1.165) is 35.2 Å². The summed E-state index contributed by atoms with van der Waals surface area (Å²) >= 11 is 3.66. The van der Waals surface area contributed by atoms with Crippen molar-refractivity contribution in [1.29, 1.82) is 0 Å². The molecule has 2 N–H and O–H groups in total. The normalized spacial score (nSPS) is 18.9. The average molecular weight is 322 g/mol. The molecular weight excluding hydrogens is 306 g/mol. The molecule has 1 aromatic heterocycles. The van der Waals surface area contributed by atoms with E-state index in [4.69, 9.17) is 10.5 Å². The van der Waals surface area contributed by atoms with Crippen LogP contribution in [-0.2, 0) is 11.8 Å². The van der Waals surface area contributed by atoms with Gasteiger partial charge in [-0.15, -0.1) is 0 Å². The summed E-state index contributed by atoms with van der Waals surface area (Å²) in [4.78, 5) is 0. The average Bonchev–Trinajstić information content (AvgIpc) is 3.01. The molecule has 1 aromatic carbocycles. The van der Waals surface area contributed by atoms with Crippen LogP contribution in [0.25, 0.3) is 11.1 Å². The van der Waals surface area contributed by atoms with Crippen molar-refractivity contribution in [2.75, 3.05) is 18.9 Å². The molecule has 1 aliphatic rings. The van der Waals surface area contributed by atoms with Crippen molar-refractivity contribution in [3.8, 4) is 11.1 Å². The molecule has 19 heavy (non-hydrogen) atoms. The lowest BCUT2D eigenvalue weighted by Crippen LogP contribution is -2.00. The Kier molecular flexibility index (Phi) is 3.33. The van der Waals surface area contributed by atoms with Gasteiger partial charge in [-0.25, -0.2) is 0 Å². The largest absolute Gasteiger partial charge is 0.383 e. The van der Waals surface area contributed by atoms with Crippen LogP contribution in [0.1, 0.15) is 17.9 Å². The Bertz CT molecular complexity index is 603. The topological polar surface area (TPSA) is 53.1 Å². The van der Waals surface area contributed by atoms with Crippen molar-refractivity contribution < 1.29 is 4.74 Å². The molecule has 1 unspecified atom stereocenters. The summed E-state index contributed by atoms with van der Waals surface area (Å²) in [6, 6.07) is 6.37. The molecule has 2 aromatic rings. The highest BCUT2D eigenvalue weighted by molar-refractivity contribution is 9.10. The Morgan fingerprint density at radius 2 is 2.32 bits per heavy atom. The minimum atomic E-state index is 0.495. The number of ether oxygens (including phenoxy) is 1. The molecular formula is C14H16BrN3O. The van der Waals surface area contributed by atoms with Crippen LogP contribution in [0.5, 0.6) is 0 Å². The predicted octanol–water partition coefficient (Wildman–Crippen LogP) is 2.94. The number of nitrogens with two attached hydrogens (primary N) is 1. The van der Waals surface area contributed by atoms with E-state index in [1.54, 1.807) is 10.9 Å². The minimum Gasteiger partial charge on any atom is -0.383 e. The molecule has 1 saturated heterocycles. The third kappa shape index (κ3) is 2.28. The zero-order chi connectivity index (χ0) is 13.4. The summed E-state index contributed by atoms with van der Waals surface area (Å²) < 4.78 is 8.25. The van der Waals surface area contributed by atoms with E-state index in [0.29, 0.717) is 11.7 Å². The first-order valence-electron chi connectivity index (χ1n) is 6.32. The summed E-state index contributed by atoms with van der Waals surface area (Å²) in [5.74, 6) is 1.18. The smallest absolute Gasteiger partial charge is 0.129 e. The molecule has 0 spiro atoms. The molecule has 1 atom stereocenters. The van der Waals surface area contributed by atoms with Gasteiger partial charge in [-0.1, -0.05) is 28.1 Å². The molecule has 0 saturated carbocycles. The van der Waals surface area contributed by atoms with Crippen LogP contribution in [0.2, 0.25) is 0 Å². The number of aromatic nitrogens is 2. The van der Waals surface area contributed by atoms with E-state index >= 15 is 0 Å². The van der Waals surface area contributed by atoms with Crippen molar-refractivity contribution in [3.05, 3.63) is 34.4 Å². The molecule has 5 heteroatoms. The van der Waals surface area contributed by atoms with Crippen molar-refractivity contribution >= 4 is 21.7 Å². The standard InChI is InChI=1S/C14H16BrN3O/c1-18-14(16)12(7-17-18)9-2-3-11(13(15)6-9)10-4-5-19-8-10/h2-3,6-7,10H,4-5,8,16H2,1H3. The molecule has 3 rings (SSSR count). The number of nitrogens with zero attached hydrogens (tertiary/aromatic N) is 2. The quantitative estimate of drug-likeness (QED) is 0.925. The van der Waals surface area contributed by atoms with Gasteiger partial charge in [-0.2, -0.15) is 5.10 Å². The predicted molar refractivity (Wildman–Crippen MR) is 78.9 cm³/mol. The molecule has 0 bridgehead atoms. The number of anilines is 1. The number of nitrogen functional groups attached to an aromatic ring is 1. The summed E-state index contributed by atoms with van der Waals surface area (Å²) in [6.45, 7) is 1.67. The molecule has 100 valence electrons. The van der Waals surface area contributed by atoms with Crippen molar-refractivity contribution in [2.24, 2.45) is 7.05 Å². The Hall–Kier alpha value is -1.33. The van der Waals surface area contributed by atoms with Crippen LogP contribution in [0.3, 0.4) is 0 Å². The first-order chi connectivity index (χ1) is 9.16. The second-order valence-electron chi connectivity index (χ2n) is 4.86. The minimum absolute atomic E-state index is 0.495. The van der Waals surface area contributed by atoms with Gasteiger partial charge in [0.25, 0.3) is 0 Å². The van der Waals surface area contributed by atoms with Crippen LogP contribution in [0, 0.1) is 0 Å². The van der Waals surface area contributed by atoms with Gasteiger partial charge in [-0.05, 0) is 23.6 Å². The Morgan fingerprint density at radius 3 is 2.89 bits per heavy atom. The second-order valence-corrected chi connectivity index (χ2v) is 5.72. The van der Waals surface area contributed by atoms with Crippen LogP contribution in [-0.4, -0.2) is 23.0 Å². The maximum atomic E-state index is 6.01.